The number of carbonyl (C=O) groups is 4. The molecule has 8 heteroatoms. The van der Waals surface area contributed by atoms with Crippen molar-refractivity contribution < 1.29 is 29.4 Å². The predicted octanol–water partition coefficient (Wildman–Crippen LogP) is 0.0709. The lowest BCUT2D eigenvalue weighted by atomic mass is 10.2. The molecule has 0 spiro atoms. The molecule has 1 fully saturated rings. The Morgan fingerprint density at radius 2 is 1.95 bits per heavy atom. The molecule has 1 aliphatic heterocycles. The number of carboxylic acids is 1. The number of nitrogens with zero attached hydrogens (tertiary/aromatic N) is 2. The second-order valence-electron chi connectivity index (χ2n) is 5.18. The smallest absolute Gasteiger partial charge is 0.303 e. The number of aliphatic carboxylic acids is 1. The van der Waals surface area contributed by atoms with Crippen LogP contribution in [0, 0.1) is 0 Å². The fourth-order valence-electron chi connectivity index (χ4n) is 2.08. The monoisotopic (exact) mass is 312 g/mol. The van der Waals surface area contributed by atoms with Gasteiger partial charge in [0.2, 0.25) is 0 Å². The van der Waals surface area contributed by atoms with Gasteiger partial charge >= 0.3 is 5.97 Å². The lowest BCUT2D eigenvalue weighted by Gasteiger charge is -2.30. The van der Waals surface area contributed by atoms with Gasteiger partial charge in [0.05, 0.1) is 6.42 Å². The lowest BCUT2D eigenvalue weighted by molar-refractivity contribution is -0.168. The Bertz CT molecular complexity index is 502. The summed E-state index contributed by atoms with van der Waals surface area (Å²) in [4.78, 5) is 46.1. The zero-order valence-electron chi connectivity index (χ0n) is 12.4. The maximum absolute atomic E-state index is 12.1. The molecule has 1 atom stereocenters. The minimum absolute atomic E-state index is 0.0225. The van der Waals surface area contributed by atoms with Crippen LogP contribution in [0.1, 0.15) is 39.0 Å². The van der Waals surface area contributed by atoms with Gasteiger partial charge < -0.3 is 10.2 Å². The predicted molar refractivity (Wildman–Crippen MR) is 75.1 cm³/mol. The maximum Gasteiger partial charge on any atom is 0.303 e. The summed E-state index contributed by atoms with van der Waals surface area (Å²) in [5.41, 5.74) is 0.160. The number of aliphatic hydroxyl groups is 1. The van der Waals surface area contributed by atoms with Crippen LogP contribution in [0.2, 0.25) is 0 Å². The van der Waals surface area contributed by atoms with Crippen LogP contribution in [0.5, 0.6) is 0 Å². The highest BCUT2D eigenvalue weighted by Crippen LogP contribution is 2.18. The summed E-state index contributed by atoms with van der Waals surface area (Å²) >= 11 is 0. The second-order valence-corrected chi connectivity index (χ2v) is 5.18. The SMILES string of the molecule is C=C(C)C(=O)N(CCCCCC(=O)O)N1C(=O)CC(O)C1=O. The molecule has 1 rings (SSSR count). The third-order valence-corrected chi connectivity index (χ3v) is 3.20. The van der Waals surface area contributed by atoms with E-state index >= 15 is 0 Å². The Morgan fingerprint density at radius 1 is 1.32 bits per heavy atom. The van der Waals surface area contributed by atoms with E-state index in [1.54, 1.807) is 0 Å². The number of carboxylic acid groups (broad SMARTS) is 1. The third kappa shape index (κ3) is 4.39. The lowest BCUT2D eigenvalue weighted by Crippen LogP contribution is -2.51. The molecule has 8 nitrogen and oxygen atoms in total. The molecule has 1 unspecified atom stereocenters. The topological polar surface area (TPSA) is 115 Å². The van der Waals surface area contributed by atoms with Crippen LogP contribution in [0.4, 0.5) is 0 Å². The number of rotatable bonds is 8. The number of amides is 3. The van der Waals surface area contributed by atoms with Crippen LogP contribution in [0.15, 0.2) is 12.2 Å². The van der Waals surface area contributed by atoms with Gasteiger partial charge in [-0.2, -0.15) is 5.01 Å². The van der Waals surface area contributed by atoms with Crippen LogP contribution < -0.4 is 0 Å². The van der Waals surface area contributed by atoms with E-state index in [2.05, 4.69) is 6.58 Å². The van der Waals surface area contributed by atoms with E-state index in [4.69, 9.17) is 5.11 Å². The highest BCUT2D eigenvalue weighted by atomic mass is 16.4. The molecule has 0 radical (unpaired) electrons. The first kappa shape index (κ1) is 17.8. The van der Waals surface area contributed by atoms with Crippen molar-refractivity contribution in [2.24, 2.45) is 0 Å². The van der Waals surface area contributed by atoms with Crippen LogP contribution in [-0.4, -0.2) is 56.6 Å². The molecule has 0 bridgehead atoms. The van der Waals surface area contributed by atoms with Crippen LogP contribution in [-0.2, 0) is 19.2 Å². The van der Waals surface area contributed by atoms with E-state index in [1.165, 1.54) is 6.92 Å². The van der Waals surface area contributed by atoms with Crippen molar-refractivity contribution in [2.45, 2.75) is 45.1 Å². The van der Waals surface area contributed by atoms with Gasteiger partial charge in [-0.25, -0.2) is 5.01 Å². The summed E-state index contributed by atoms with van der Waals surface area (Å²) in [6, 6.07) is 0. The van der Waals surface area contributed by atoms with Gasteiger partial charge in [0.15, 0.2) is 0 Å². The van der Waals surface area contributed by atoms with E-state index in [-0.39, 0.29) is 25.0 Å². The van der Waals surface area contributed by atoms with E-state index in [9.17, 15) is 24.3 Å². The van der Waals surface area contributed by atoms with Crippen molar-refractivity contribution in [3.05, 3.63) is 12.2 Å². The summed E-state index contributed by atoms with van der Waals surface area (Å²) in [6.07, 6.45) is -0.355. The second kappa shape index (κ2) is 7.69. The third-order valence-electron chi connectivity index (χ3n) is 3.20. The van der Waals surface area contributed by atoms with Gasteiger partial charge in [0.1, 0.15) is 6.10 Å². The molecular formula is C14H20N2O6. The van der Waals surface area contributed by atoms with Gasteiger partial charge in [-0.15, -0.1) is 0 Å². The quantitative estimate of drug-likeness (QED) is 0.372. The van der Waals surface area contributed by atoms with Crippen LogP contribution >= 0.6 is 0 Å². The number of carbonyl (C=O) groups excluding carboxylic acids is 3. The molecular weight excluding hydrogens is 292 g/mol. The molecule has 0 aromatic carbocycles. The molecule has 0 aliphatic carbocycles. The summed E-state index contributed by atoms with van der Waals surface area (Å²) in [5.74, 6) is -2.94. The molecule has 3 amide bonds. The molecule has 0 saturated carbocycles. The number of hydrazine groups is 1. The molecule has 22 heavy (non-hydrogen) atoms. The highest BCUT2D eigenvalue weighted by molar-refractivity contribution is 6.07. The van der Waals surface area contributed by atoms with E-state index < -0.39 is 29.8 Å². The van der Waals surface area contributed by atoms with Gasteiger partial charge in [-0.1, -0.05) is 13.0 Å². The van der Waals surface area contributed by atoms with Crippen molar-refractivity contribution in [3.8, 4) is 0 Å². The van der Waals surface area contributed by atoms with Gasteiger partial charge in [-0.05, 0) is 19.8 Å². The molecule has 0 aromatic heterocycles. The van der Waals surface area contributed by atoms with Crippen molar-refractivity contribution >= 4 is 23.7 Å². The zero-order chi connectivity index (χ0) is 16.9. The summed E-state index contributed by atoms with van der Waals surface area (Å²) < 4.78 is 0. The number of hydrogen-bond donors (Lipinski definition) is 2. The first-order chi connectivity index (χ1) is 10.3. The Labute approximate surface area is 128 Å². The number of unbranched alkanes of at least 4 members (excludes halogenated alkanes) is 2. The Balaban J connectivity index is 2.71. The standard InChI is InChI=1S/C14H20N2O6/c1-9(2)13(21)15(7-5-3-4-6-12(19)20)16-11(18)8-10(17)14(16)22/h10,17H,1,3-8H2,2H3,(H,19,20). The van der Waals surface area contributed by atoms with Crippen LogP contribution in [0.3, 0.4) is 0 Å². The molecule has 0 aromatic rings. The molecule has 1 heterocycles. The molecule has 1 saturated heterocycles. The van der Waals surface area contributed by atoms with Crippen molar-refractivity contribution in [3.63, 3.8) is 0 Å². The van der Waals surface area contributed by atoms with Crippen LogP contribution in [0.25, 0.3) is 0 Å². The average Bonchev–Trinajstić information content (AvgIpc) is 2.67. The van der Waals surface area contributed by atoms with Crippen molar-refractivity contribution in [2.75, 3.05) is 6.54 Å². The average molecular weight is 312 g/mol. The van der Waals surface area contributed by atoms with Crippen molar-refractivity contribution in [1.29, 1.82) is 0 Å². The van der Waals surface area contributed by atoms with Gasteiger partial charge in [-0.3, -0.25) is 19.2 Å². The number of hydrogen-bond acceptors (Lipinski definition) is 5. The minimum Gasteiger partial charge on any atom is -0.481 e. The normalized spacial score (nSPS) is 17.7. The van der Waals surface area contributed by atoms with Gasteiger partial charge in [0, 0.05) is 18.5 Å². The fraction of sp³-hybridized carbons (Fsp3) is 0.571. The Hall–Kier alpha value is -2.22. The molecule has 122 valence electrons. The fourth-order valence-corrected chi connectivity index (χ4v) is 2.08. The minimum atomic E-state index is -1.43. The number of aliphatic hydroxyl groups excluding tert-OH is 1. The molecule has 1 aliphatic rings. The first-order valence-corrected chi connectivity index (χ1v) is 6.99. The van der Waals surface area contributed by atoms with E-state index in [0.29, 0.717) is 24.3 Å². The maximum atomic E-state index is 12.1. The number of imide groups is 1. The first-order valence-electron chi connectivity index (χ1n) is 6.99. The highest BCUT2D eigenvalue weighted by Gasteiger charge is 2.42. The Kier molecular flexibility index (Phi) is 6.24. The summed E-state index contributed by atoms with van der Waals surface area (Å²) in [7, 11) is 0. The van der Waals surface area contributed by atoms with Gasteiger partial charge in [0.25, 0.3) is 17.7 Å². The Morgan fingerprint density at radius 3 is 2.41 bits per heavy atom. The summed E-state index contributed by atoms with van der Waals surface area (Å²) in [6.45, 7) is 5.04. The van der Waals surface area contributed by atoms with Crippen molar-refractivity contribution in [1.82, 2.24) is 10.0 Å². The molecule has 2 N–H and O–H groups in total. The van der Waals surface area contributed by atoms with E-state index in [0.717, 1.165) is 5.01 Å². The zero-order valence-corrected chi connectivity index (χ0v) is 12.4. The van der Waals surface area contributed by atoms with E-state index in [1.807, 2.05) is 0 Å². The largest absolute Gasteiger partial charge is 0.481 e. The summed E-state index contributed by atoms with van der Waals surface area (Å²) in [5, 5.41) is 19.6.